The lowest BCUT2D eigenvalue weighted by Crippen LogP contribution is -2.32. The van der Waals surface area contributed by atoms with Gasteiger partial charge in [0.25, 0.3) is 0 Å². The monoisotopic (exact) mass is 317 g/mol. The number of nitrogens with one attached hydrogen (secondary N) is 1. The molecule has 0 saturated carbocycles. The number of hydrogen-bond acceptors (Lipinski definition) is 5. The minimum absolute atomic E-state index is 0.0302. The first-order valence-corrected chi connectivity index (χ1v) is 9.26. The van der Waals surface area contributed by atoms with Crippen LogP contribution in [0.15, 0.2) is 23.1 Å². The van der Waals surface area contributed by atoms with Gasteiger partial charge in [-0.1, -0.05) is 13.8 Å². The van der Waals surface area contributed by atoms with Crippen molar-refractivity contribution in [1.29, 1.82) is 0 Å². The van der Waals surface area contributed by atoms with Crippen LogP contribution in [0.4, 0.5) is 11.4 Å². The number of primary sulfonamides is 1. The fourth-order valence-corrected chi connectivity index (χ4v) is 3.34. The molecule has 1 aromatic rings. The van der Waals surface area contributed by atoms with Gasteiger partial charge in [0.1, 0.15) is 0 Å². The molecule has 1 aromatic carbocycles. The summed E-state index contributed by atoms with van der Waals surface area (Å²) in [5.41, 5.74) is 7.00. The Hall–Kier alpha value is -0.920. The molecule has 7 heteroatoms. The van der Waals surface area contributed by atoms with E-state index in [1.54, 1.807) is 6.07 Å². The summed E-state index contributed by atoms with van der Waals surface area (Å²) in [4.78, 5) is 0.0302. The average Bonchev–Trinajstić information content (AvgIpc) is 2.41. The van der Waals surface area contributed by atoms with Gasteiger partial charge in [-0.05, 0) is 37.3 Å². The van der Waals surface area contributed by atoms with Crippen LogP contribution in [0.5, 0.6) is 0 Å². The smallest absolute Gasteiger partial charge is 0.238 e. The molecule has 0 fully saturated rings. The SMILES string of the molecule is CCC(CC)(CNc1ccc(S(N)(=O)=O)cc1N)SC. The Balaban J connectivity index is 2.90. The molecule has 0 saturated heterocycles. The number of hydrogen-bond donors (Lipinski definition) is 3. The van der Waals surface area contributed by atoms with Gasteiger partial charge < -0.3 is 11.1 Å². The molecule has 0 unspecified atom stereocenters. The molecule has 0 atom stereocenters. The lowest BCUT2D eigenvalue weighted by atomic mass is 10.0. The van der Waals surface area contributed by atoms with Crippen LogP contribution in [-0.4, -0.2) is 26.0 Å². The highest BCUT2D eigenvalue weighted by molar-refractivity contribution is 8.00. The molecule has 0 spiro atoms. The molecule has 0 aromatic heterocycles. The van der Waals surface area contributed by atoms with Crippen LogP contribution in [0.1, 0.15) is 26.7 Å². The zero-order chi connectivity index (χ0) is 15.4. The Kier molecular flexibility index (Phi) is 5.73. The number of nitrogens with two attached hydrogens (primary N) is 2. The molecule has 1 rings (SSSR count). The van der Waals surface area contributed by atoms with Gasteiger partial charge in [0.05, 0.1) is 16.3 Å². The summed E-state index contributed by atoms with van der Waals surface area (Å²) in [6.07, 6.45) is 4.20. The Morgan fingerprint density at radius 1 is 1.30 bits per heavy atom. The standard InChI is InChI=1S/C13H23N3O2S2/c1-4-13(5-2,19-3)9-16-12-7-6-10(8-11(12)14)20(15,17)18/h6-8,16H,4-5,9,14H2,1-3H3,(H2,15,17,18). The highest BCUT2D eigenvalue weighted by atomic mass is 32.2. The van der Waals surface area contributed by atoms with Crippen molar-refractivity contribution in [3.8, 4) is 0 Å². The van der Waals surface area contributed by atoms with Crippen LogP contribution in [0.2, 0.25) is 0 Å². The van der Waals surface area contributed by atoms with Gasteiger partial charge in [0.15, 0.2) is 0 Å². The van der Waals surface area contributed by atoms with Gasteiger partial charge in [-0.2, -0.15) is 11.8 Å². The van der Waals surface area contributed by atoms with Crippen LogP contribution in [-0.2, 0) is 10.0 Å². The maximum atomic E-state index is 11.3. The van der Waals surface area contributed by atoms with E-state index in [2.05, 4.69) is 25.4 Å². The highest BCUT2D eigenvalue weighted by Crippen LogP contribution is 2.31. The first-order chi connectivity index (χ1) is 9.28. The summed E-state index contributed by atoms with van der Waals surface area (Å²) >= 11 is 1.83. The predicted molar refractivity (Wildman–Crippen MR) is 87.5 cm³/mol. The molecule has 0 heterocycles. The minimum Gasteiger partial charge on any atom is -0.397 e. The number of benzene rings is 1. The zero-order valence-corrected chi connectivity index (χ0v) is 13.8. The number of rotatable bonds is 7. The van der Waals surface area contributed by atoms with Gasteiger partial charge in [-0.25, -0.2) is 13.6 Å². The van der Waals surface area contributed by atoms with E-state index >= 15 is 0 Å². The van der Waals surface area contributed by atoms with E-state index in [0.717, 1.165) is 25.1 Å². The molecule has 0 bridgehead atoms. The first-order valence-electron chi connectivity index (χ1n) is 6.49. The molecule has 5 N–H and O–H groups in total. The molecule has 0 aliphatic rings. The van der Waals surface area contributed by atoms with Crippen molar-refractivity contribution in [3.05, 3.63) is 18.2 Å². The van der Waals surface area contributed by atoms with Crippen LogP contribution < -0.4 is 16.2 Å². The average molecular weight is 317 g/mol. The Morgan fingerprint density at radius 3 is 2.30 bits per heavy atom. The quantitative estimate of drug-likeness (QED) is 0.670. The molecule has 20 heavy (non-hydrogen) atoms. The lowest BCUT2D eigenvalue weighted by Gasteiger charge is -2.30. The zero-order valence-electron chi connectivity index (χ0n) is 12.1. The molecule has 0 aliphatic heterocycles. The molecule has 0 radical (unpaired) electrons. The van der Waals surface area contributed by atoms with Crippen LogP contribution in [0.25, 0.3) is 0 Å². The van der Waals surface area contributed by atoms with Crippen LogP contribution in [0.3, 0.4) is 0 Å². The number of thioether (sulfide) groups is 1. The topological polar surface area (TPSA) is 98.2 Å². The maximum absolute atomic E-state index is 11.3. The molecule has 114 valence electrons. The summed E-state index contributed by atoms with van der Waals surface area (Å²) in [5, 5.41) is 8.38. The van der Waals surface area contributed by atoms with Gasteiger partial charge in [-0.15, -0.1) is 0 Å². The van der Waals surface area contributed by atoms with Crippen molar-refractivity contribution in [2.75, 3.05) is 23.9 Å². The molecule has 0 amide bonds. The summed E-state index contributed by atoms with van der Waals surface area (Å²) in [7, 11) is -3.71. The largest absolute Gasteiger partial charge is 0.397 e. The van der Waals surface area contributed by atoms with Crippen molar-refractivity contribution in [2.45, 2.75) is 36.3 Å². The Morgan fingerprint density at radius 2 is 1.90 bits per heavy atom. The van der Waals surface area contributed by atoms with Crippen LogP contribution >= 0.6 is 11.8 Å². The number of nitrogen functional groups attached to an aromatic ring is 1. The van der Waals surface area contributed by atoms with E-state index in [0.29, 0.717) is 5.69 Å². The molecule has 0 aliphatic carbocycles. The minimum atomic E-state index is -3.71. The fourth-order valence-electron chi connectivity index (χ4n) is 2.00. The van der Waals surface area contributed by atoms with E-state index in [-0.39, 0.29) is 9.64 Å². The third-order valence-electron chi connectivity index (χ3n) is 3.67. The third kappa shape index (κ3) is 4.04. The maximum Gasteiger partial charge on any atom is 0.238 e. The van der Waals surface area contributed by atoms with Gasteiger partial charge in [-0.3, -0.25) is 0 Å². The van der Waals surface area contributed by atoms with Crippen molar-refractivity contribution in [2.24, 2.45) is 5.14 Å². The summed E-state index contributed by atoms with van der Waals surface area (Å²) in [5.74, 6) is 0. The second kappa shape index (κ2) is 6.69. The summed E-state index contributed by atoms with van der Waals surface area (Å²) in [6.45, 7) is 5.10. The number of sulfonamides is 1. The molecular formula is C13H23N3O2S2. The van der Waals surface area contributed by atoms with Crippen molar-refractivity contribution in [3.63, 3.8) is 0 Å². The first kappa shape index (κ1) is 17.1. The van der Waals surface area contributed by atoms with E-state index in [1.807, 2.05) is 11.8 Å². The highest BCUT2D eigenvalue weighted by Gasteiger charge is 2.24. The van der Waals surface area contributed by atoms with Crippen molar-refractivity contribution >= 4 is 33.2 Å². The third-order valence-corrected chi connectivity index (χ3v) is 6.17. The number of anilines is 2. The Bertz CT molecular complexity index is 546. The van der Waals surface area contributed by atoms with E-state index in [4.69, 9.17) is 10.9 Å². The van der Waals surface area contributed by atoms with Gasteiger partial charge in [0.2, 0.25) is 10.0 Å². The second-order valence-electron chi connectivity index (χ2n) is 4.74. The molecular weight excluding hydrogens is 294 g/mol. The molecule has 5 nitrogen and oxygen atoms in total. The summed E-state index contributed by atoms with van der Waals surface area (Å²) in [6, 6.07) is 4.51. The second-order valence-corrected chi connectivity index (χ2v) is 7.58. The normalized spacial score (nSPS) is 12.4. The fraction of sp³-hybridized carbons (Fsp3) is 0.538. The van der Waals surface area contributed by atoms with Crippen LogP contribution in [0, 0.1) is 0 Å². The van der Waals surface area contributed by atoms with E-state index in [9.17, 15) is 8.42 Å². The lowest BCUT2D eigenvalue weighted by molar-refractivity contribution is 0.575. The van der Waals surface area contributed by atoms with Crippen molar-refractivity contribution < 1.29 is 8.42 Å². The Labute approximate surface area is 125 Å². The van der Waals surface area contributed by atoms with E-state index < -0.39 is 10.0 Å². The van der Waals surface area contributed by atoms with E-state index in [1.165, 1.54) is 12.1 Å². The van der Waals surface area contributed by atoms with Gasteiger partial charge in [0, 0.05) is 11.3 Å². The van der Waals surface area contributed by atoms with Crippen molar-refractivity contribution in [1.82, 2.24) is 0 Å². The summed E-state index contributed by atoms with van der Waals surface area (Å²) < 4.78 is 22.7. The predicted octanol–water partition coefficient (Wildman–Crippen LogP) is 2.25. The van der Waals surface area contributed by atoms with Gasteiger partial charge >= 0.3 is 0 Å².